The van der Waals surface area contributed by atoms with Gasteiger partial charge in [0.15, 0.2) is 24.2 Å². The number of carboxylic acids is 1. The monoisotopic (exact) mass is 458 g/mol. The molecule has 1 heterocycles. The molecule has 2 bridgehead atoms. The number of hydrogen-bond donors (Lipinski definition) is 3. The Kier molecular flexibility index (Phi) is 4.93. The van der Waals surface area contributed by atoms with Gasteiger partial charge in [-0.1, -0.05) is 13.0 Å². The maximum atomic E-state index is 12.5. The summed E-state index contributed by atoms with van der Waals surface area (Å²) in [6.45, 7) is 1.38. The van der Waals surface area contributed by atoms with Crippen LogP contribution in [0.3, 0.4) is 0 Å². The van der Waals surface area contributed by atoms with E-state index in [1.54, 1.807) is 12.1 Å². The SMILES string of the molecule is CC1CC[C@]23c4c5ccc(O)c4O[C@H]2C(OC(=O)CCC(=O)OCC(=O)O)=CC[C@@]3(O)[C@H]1C5. The topological polar surface area (TPSA) is 140 Å². The van der Waals surface area contributed by atoms with Gasteiger partial charge in [0.2, 0.25) is 0 Å². The summed E-state index contributed by atoms with van der Waals surface area (Å²) in [6, 6.07) is 3.49. The number of phenolic OH excluding ortho intramolecular Hbond substituents is 1. The number of rotatable bonds is 6. The van der Waals surface area contributed by atoms with Crippen LogP contribution in [-0.4, -0.2) is 51.5 Å². The molecule has 1 fully saturated rings. The number of ether oxygens (including phenoxy) is 3. The standard InChI is InChI=1S/C24H26O9/c1-12-6-8-23-20-13-2-3-15(25)21(20)33-22(23)16(7-9-24(23,30)14(12)10-13)32-19(29)5-4-18(28)31-11-17(26)27/h2-3,7,12,14,22,25,30H,4-6,8-11H2,1H3,(H,26,27)/t12?,14-,22-,23-,24+/m0/s1. The van der Waals surface area contributed by atoms with Crippen LogP contribution in [0.1, 0.15) is 50.2 Å². The van der Waals surface area contributed by atoms with E-state index in [1.807, 2.05) is 6.07 Å². The molecule has 1 spiro atoms. The Bertz CT molecular complexity index is 1080. The summed E-state index contributed by atoms with van der Waals surface area (Å²) in [7, 11) is 0. The molecule has 3 N–H and O–H groups in total. The van der Waals surface area contributed by atoms with Crippen LogP contribution in [0.25, 0.3) is 0 Å². The van der Waals surface area contributed by atoms with Crippen molar-refractivity contribution < 1.29 is 43.9 Å². The molecule has 0 aromatic heterocycles. The Morgan fingerprint density at radius 2 is 1.97 bits per heavy atom. The zero-order chi connectivity index (χ0) is 23.5. The lowest BCUT2D eigenvalue weighted by Gasteiger charge is -2.61. The summed E-state index contributed by atoms with van der Waals surface area (Å²) in [5.41, 5.74) is -0.0496. The largest absolute Gasteiger partial charge is 0.504 e. The summed E-state index contributed by atoms with van der Waals surface area (Å²) in [6.07, 6.45) is 2.80. The van der Waals surface area contributed by atoms with Gasteiger partial charge in [-0.15, -0.1) is 0 Å². The van der Waals surface area contributed by atoms with Gasteiger partial charge >= 0.3 is 17.9 Å². The molecule has 33 heavy (non-hydrogen) atoms. The van der Waals surface area contributed by atoms with E-state index in [9.17, 15) is 24.6 Å². The lowest BCUT2D eigenvalue weighted by molar-refractivity contribution is -0.171. The smallest absolute Gasteiger partial charge is 0.341 e. The second kappa shape index (κ2) is 7.48. The first-order valence-corrected chi connectivity index (χ1v) is 11.2. The molecule has 9 heteroatoms. The third-order valence-corrected chi connectivity index (χ3v) is 7.85. The number of esters is 2. The molecule has 0 amide bonds. The molecule has 1 aromatic carbocycles. The summed E-state index contributed by atoms with van der Waals surface area (Å²) in [5, 5.41) is 31.1. The van der Waals surface area contributed by atoms with Gasteiger partial charge in [0.25, 0.3) is 0 Å². The van der Waals surface area contributed by atoms with Gasteiger partial charge in [-0.25, -0.2) is 4.79 Å². The number of aliphatic carboxylic acids is 1. The number of aliphatic hydroxyl groups is 1. The summed E-state index contributed by atoms with van der Waals surface area (Å²) in [4.78, 5) is 34.6. The molecule has 1 aromatic rings. The highest BCUT2D eigenvalue weighted by atomic mass is 16.6. The van der Waals surface area contributed by atoms with E-state index in [1.165, 1.54) is 0 Å². The lowest BCUT2D eigenvalue weighted by Crippen LogP contribution is -2.69. The van der Waals surface area contributed by atoms with E-state index in [2.05, 4.69) is 11.7 Å². The highest BCUT2D eigenvalue weighted by Gasteiger charge is 2.71. The number of carbonyl (C=O) groups is 3. The highest BCUT2D eigenvalue weighted by Crippen LogP contribution is 2.68. The van der Waals surface area contributed by atoms with Crippen LogP contribution in [0.4, 0.5) is 0 Å². The highest BCUT2D eigenvalue weighted by molar-refractivity contribution is 5.80. The van der Waals surface area contributed by atoms with Crippen molar-refractivity contribution in [3.63, 3.8) is 0 Å². The number of hydrogen-bond acceptors (Lipinski definition) is 8. The summed E-state index contributed by atoms with van der Waals surface area (Å²) >= 11 is 0. The lowest BCUT2D eigenvalue weighted by atomic mass is 9.45. The molecule has 9 nitrogen and oxygen atoms in total. The van der Waals surface area contributed by atoms with Gasteiger partial charge in [0.1, 0.15) is 5.76 Å². The van der Waals surface area contributed by atoms with Gasteiger partial charge in [-0.2, -0.15) is 0 Å². The number of carbonyl (C=O) groups excluding carboxylic acids is 2. The molecule has 5 rings (SSSR count). The predicted octanol–water partition coefficient (Wildman–Crippen LogP) is 1.96. The molecular weight excluding hydrogens is 432 g/mol. The van der Waals surface area contributed by atoms with Crippen LogP contribution in [-0.2, 0) is 35.7 Å². The fourth-order valence-corrected chi connectivity index (χ4v) is 6.42. The third-order valence-electron chi connectivity index (χ3n) is 7.85. The Hall–Kier alpha value is -3.07. The average molecular weight is 458 g/mol. The fourth-order valence-electron chi connectivity index (χ4n) is 6.42. The van der Waals surface area contributed by atoms with Crippen LogP contribution in [0.5, 0.6) is 11.5 Å². The molecule has 5 atom stereocenters. The summed E-state index contributed by atoms with van der Waals surface area (Å²) < 4.78 is 16.3. The number of benzene rings is 1. The van der Waals surface area contributed by atoms with Crippen molar-refractivity contribution in [1.29, 1.82) is 0 Å². The molecule has 1 unspecified atom stereocenters. The van der Waals surface area contributed by atoms with Crippen LogP contribution in [0, 0.1) is 11.8 Å². The van der Waals surface area contributed by atoms with E-state index in [-0.39, 0.29) is 30.3 Å². The molecule has 3 aliphatic carbocycles. The zero-order valence-corrected chi connectivity index (χ0v) is 18.2. The van der Waals surface area contributed by atoms with Crippen molar-refractivity contribution in [2.75, 3.05) is 6.61 Å². The van der Waals surface area contributed by atoms with Gasteiger partial charge in [0, 0.05) is 5.56 Å². The van der Waals surface area contributed by atoms with Gasteiger partial charge in [0.05, 0.1) is 23.9 Å². The maximum Gasteiger partial charge on any atom is 0.341 e. The quantitative estimate of drug-likeness (QED) is 0.546. The van der Waals surface area contributed by atoms with E-state index in [0.717, 1.165) is 17.5 Å². The van der Waals surface area contributed by atoms with Gasteiger partial charge in [-0.05, 0) is 55.2 Å². The minimum Gasteiger partial charge on any atom is -0.504 e. The fraction of sp³-hybridized carbons (Fsp3) is 0.542. The third kappa shape index (κ3) is 3.05. The molecule has 0 saturated heterocycles. The van der Waals surface area contributed by atoms with Crippen molar-refractivity contribution in [3.8, 4) is 11.5 Å². The van der Waals surface area contributed by atoms with Crippen molar-refractivity contribution >= 4 is 17.9 Å². The minimum atomic E-state index is -1.28. The number of carboxylic acid groups (broad SMARTS) is 1. The molecule has 176 valence electrons. The second-order valence-corrected chi connectivity index (χ2v) is 9.51. The molecule has 1 aliphatic heterocycles. The Morgan fingerprint density at radius 1 is 1.21 bits per heavy atom. The first-order valence-electron chi connectivity index (χ1n) is 11.2. The van der Waals surface area contributed by atoms with E-state index in [4.69, 9.17) is 14.6 Å². The van der Waals surface area contributed by atoms with Crippen molar-refractivity contribution in [1.82, 2.24) is 0 Å². The minimum absolute atomic E-state index is 0.0104. The van der Waals surface area contributed by atoms with Crippen molar-refractivity contribution in [3.05, 3.63) is 35.1 Å². The molecule has 1 saturated carbocycles. The van der Waals surface area contributed by atoms with Crippen LogP contribution < -0.4 is 4.74 Å². The van der Waals surface area contributed by atoms with Crippen LogP contribution in [0.2, 0.25) is 0 Å². The normalized spacial score (nSPS) is 32.8. The Balaban J connectivity index is 1.42. The number of phenols is 1. The molecule has 4 aliphatic rings. The Labute approximate surface area is 189 Å². The van der Waals surface area contributed by atoms with Crippen LogP contribution in [0.15, 0.2) is 24.0 Å². The van der Waals surface area contributed by atoms with Gasteiger partial charge < -0.3 is 29.5 Å². The zero-order valence-electron chi connectivity index (χ0n) is 18.2. The first kappa shape index (κ1) is 21.8. The predicted molar refractivity (Wildman–Crippen MR) is 111 cm³/mol. The van der Waals surface area contributed by atoms with E-state index < -0.39 is 41.6 Å². The molecular formula is C24H26O9. The first-order chi connectivity index (χ1) is 15.7. The average Bonchev–Trinajstić information content (AvgIpc) is 3.13. The van der Waals surface area contributed by atoms with Gasteiger partial charge in [-0.3, -0.25) is 9.59 Å². The van der Waals surface area contributed by atoms with Crippen molar-refractivity contribution in [2.45, 2.75) is 62.6 Å². The second-order valence-electron chi connectivity index (χ2n) is 9.51. The number of aromatic hydroxyl groups is 1. The Morgan fingerprint density at radius 3 is 2.73 bits per heavy atom. The van der Waals surface area contributed by atoms with Crippen molar-refractivity contribution in [2.24, 2.45) is 11.8 Å². The van der Waals surface area contributed by atoms with Crippen LogP contribution >= 0.6 is 0 Å². The molecule has 0 radical (unpaired) electrons. The summed E-state index contributed by atoms with van der Waals surface area (Å²) in [5.74, 6) is -1.86. The van der Waals surface area contributed by atoms with E-state index >= 15 is 0 Å². The maximum absolute atomic E-state index is 12.5. The van der Waals surface area contributed by atoms with E-state index in [0.29, 0.717) is 30.9 Å².